The monoisotopic (exact) mass is 336 g/mol. The molecular formula is C15H7Cl2FN2O2. The van der Waals surface area contributed by atoms with Crippen LogP contribution < -0.4 is 5.32 Å². The number of nitrogens with zero attached hydrogens (tertiary/aromatic N) is 1. The summed E-state index contributed by atoms with van der Waals surface area (Å²) in [5.74, 6) is -0.448. The maximum atomic E-state index is 13.5. The van der Waals surface area contributed by atoms with E-state index in [-0.39, 0.29) is 23.2 Å². The number of anilines is 1. The lowest BCUT2D eigenvalue weighted by Gasteiger charge is -2.05. The van der Waals surface area contributed by atoms with Gasteiger partial charge in [0.25, 0.3) is 5.91 Å². The number of pyridine rings is 1. The SMILES string of the molecule is O=C1Nc2ccc(F)cc2/C1=C1\OCc2c1cnc(Cl)c2Cl. The molecule has 1 aromatic carbocycles. The minimum atomic E-state index is -0.432. The summed E-state index contributed by atoms with van der Waals surface area (Å²) in [7, 11) is 0. The Kier molecular flexibility index (Phi) is 2.89. The van der Waals surface area contributed by atoms with Crippen LogP contribution in [0.4, 0.5) is 10.1 Å². The van der Waals surface area contributed by atoms with E-state index in [1.54, 1.807) is 0 Å². The van der Waals surface area contributed by atoms with Gasteiger partial charge in [0.2, 0.25) is 0 Å². The summed E-state index contributed by atoms with van der Waals surface area (Å²) in [6.45, 7) is 0.188. The molecule has 0 atom stereocenters. The van der Waals surface area contributed by atoms with E-state index in [9.17, 15) is 9.18 Å². The van der Waals surface area contributed by atoms with Crippen LogP contribution in [-0.2, 0) is 16.1 Å². The van der Waals surface area contributed by atoms with E-state index >= 15 is 0 Å². The van der Waals surface area contributed by atoms with Gasteiger partial charge in [-0.3, -0.25) is 4.79 Å². The highest BCUT2D eigenvalue weighted by atomic mass is 35.5. The lowest BCUT2D eigenvalue weighted by molar-refractivity contribution is -0.110. The second kappa shape index (κ2) is 4.69. The van der Waals surface area contributed by atoms with Gasteiger partial charge in [-0.05, 0) is 18.2 Å². The Hall–Kier alpha value is -2.11. The van der Waals surface area contributed by atoms with Gasteiger partial charge in [-0.1, -0.05) is 23.2 Å². The van der Waals surface area contributed by atoms with Crippen LogP contribution in [0, 0.1) is 5.82 Å². The van der Waals surface area contributed by atoms with E-state index in [2.05, 4.69) is 10.3 Å². The summed E-state index contributed by atoms with van der Waals surface area (Å²) in [6.07, 6.45) is 1.50. The van der Waals surface area contributed by atoms with Crippen LogP contribution in [0.25, 0.3) is 11.3 Å². The third-order valence-electron chi connectivity index (χ3n) is 3.64. The van der Waals surface area contributed by atoms with E-state index in [1.165, 1.54) is 24.4 Å². The first-order chi connectivity index (χ1) is 10.6. The van der Waals surface area contributed by atoms with Gasteiger partial charge in [-0.2, -0.15) is 0 Å². The van der Waals surface area contributed by atoms with Gasteiger partial charge in [-0.15, -0.1) is 0 Å². The number of benzene rings is 1. The minimum Gasteiger partial charge on any atom is -0.487 e. The normalized spacial score (nSPS) is 18.8. The largest absolute Gasteiger partial charge is 0.487 e. The molecule has 3 heterocycles. The van der Waals surface area contributed by atoms with Gasteiger partial charge in [0, 0.05) is 28.6 Å². The fraction of sp³-hybridized carbons (Fsp3) is 0.0667. The third-order valence-corrected chi connectivity index (χ3v) is 4.43. The molecular weight excluding hydrogens is 330 g/mol. The number of nitrogens with one attached hydrogen (secondary N) is 1. The van der Waals surface area contributed by atoms with Gasteiger partial charge < -0.3 is 10.1 Å². The van der Waals surface area contributed by atoms with Crippen molar-refractivity contribution in [1.82, 2.24) is 4.98 Å². The van der Waals surface area contributed by atoms with Crippen molar-refractivity contribution >= 4 is 46.1 Å². The van der Waals surface area contributed by atoms with Gasteiger partial charge in [0.1, 0.15) is 23.3 Å². The van der Waals surface area contributed by atoms with E-state index in [4.69, 9.17) is 27.9 Å². The van der Waals surface area contributed by atoms with Gasteiger partial charge in [-0.25, -0.2) is 9.37 Å². The number of amides is 1. The Bertz CT molecular complexity index is 880. The maximum absolute atomic E-state index is 13.5. The van der Waals surface area contributed by atoms with E-state index in [0.717, 1.165) is 0 Å². The smallest absolute Gasteiger partial charge is 0.260 e. The van der Waals surface area contributed by atoms with Crippen molar-refractivity contribution in [2.45, 2.75) is 6.61 Å². The highest BCUT2D eigenvalue weighted by Crippen LogP contribution is 2.43. The molecule has 2 aliphatic heterocycles. The third kappa shape index (κ3) is 1.82. The molecule has 1 amide bonds. The van der Waals surface area contributed by atoms with E-state index in [1.807, 2.05) is 0 Å². The molecule has 7 heteroatoms. The van der Waals surface area contributed by atoms with Crippen LogP contribution in [-0.4, -0.2) is 10.9 Å². The second-order valence-electron chi connectivity index (χ2n) is 4.89. The average Bonchev–Trinajstić information content (AvgIpc) is 3.03. The first-order valence-corrected chi connectivity index (χ1v) is 7.13. The molecule has 2 aromatic rings. The Morgan fingerprint density at radius 1 is 1.27 bits per heavy atom. The number of hydrogen-bond acceptors (Lipinski definition) is 3. The minimum absolute atomic E-state index is 0.178. The van der Waals surface area contributed by atoms with Gasteiger partial charge in [0.05, 0.1) is 10.6 Å². The number of aromatic nitrogens is 1. The molecule has 0 saturated carbocycles. The van der Waals surface area contributed by atoms with Crippen molar-refractivity contribution in [1.29, 1.82) is 0 Å². The topological polar surface area (TPSA) is 51.2 Å². The molecule has 22 heavy (non-hydrogen) atoms. The highest BCUT2D eigenvalue weighted by Gasteiger charge is 2.34. The van der Waals surface area contributed by atoms with Crippen molar-refractivity contribution in [3.05, 3.63) is 57.1 Å². The van der Waals surface area contributed by atoms with Gasteiger partial charge >= 0.3 is 0 Å². The number of hydrogen-bond donors (Lipinski definition) is 1. The van der Waals surface area contributed by atoms with Crippen LogP contribution in [0.5, 0.6) is 0 Å². The van der Waals surface area contributed by atoms with Crippen molar-refractivity contribution in [3.8, 4) is 0 Å². The lowest BCUT2D eigenvalue weighted by Crippen LogP contribution is -2.05. The van der Waals surface area contributed by atoms with Crippen LogP contribution in [0.1, 0.15) is 16.7 Å². The average molecular weight is 337 g/mol. The summed E-state index contributed by atoms with van der Waals surface area (Å²) in [5.41, 5.74) is 2.53. The molecule has 4 nitrogen and oxygen atoms in total. The quantitative estimate of drug-likeness (QED) is 0.586. The molecule has 0 saturated heterocycles. The van der Waals surface area contributed by atoms with Crippen molar-refractivity contribution in [3.63, 3.8) is 0 Å². The molecule has 0 fully saturated rings. The Labute approximate surface area is 134 Å². The Balaban J connectivity index is 1.98. The summed E-state index contributed by atoms with van der Waals surface area (Å²) in [5, 5.41) is 3.16. The van der Waals surface area contributed by atoms with Gasteiger partial charge in [0.15, 0.2) is 0 Å². The molecule has 0 bridgehead atoms. The fourth-order valence-electron chi connectivity index (χ4n) is 2.63. The maximum Gasteiger partial charge on any atom is 0.260 e. The molecule has 1 N–H and O–H groups in total. The lowest BCUT2D eigenvalue weighted by atomic mass is 10.0. The molecule has 0 radical (unpaired) electrons. The van der Waals surface area contributed by atoms with Crippen molar-refractivity contribution < 1.29 is 13.9 Å². The number of carbonyl (C=O) groups excluding carboxylic acids is 1. The number of rotatable bonds is 0. The van der Waals surface area contributed by atoms with Crippen molar-refractivity contribution in [2.24, 2.45) is 0 Å². The highest BCUT2D eigenvalue weighted by molar-refractivity contribution is 6.42. The van der Waals surface area contributed by atoms with Crippen LogP contribution in [0.15, 0.2) is 24.4 Å². The fourth-order valence-corrected chi connectivity index (χ4v) is 3.00. The Morgan fingerprint density at radius 2 is 2.09 bits per heavy atom. The number of carbonyl (C=O) groups is 1. The second-order valence-corrected chi connectivity index (χ2v) is 5.63. The predicted molar refractivity (Wildman–Crippen MR) is 80.9 cm³/mol. The summed E-state index contributed by atoms with van der Waals surface area (Å²) in [4.78, 5) is 16.2. The molecule has 4 rings (SSSR count). The molecule has 0 spiro atoms. The van der Waals surface area contributed by atoms with E-state index in [0.29, 0.717) is 33.2 Å². The van der Waals surface area contributed by atoms with Crippen LogP contribution in [0.2, 0.25) is 10.2 Å². The number of fused-ring (bicyclic) bond motifs is 2. The molecule has 110 valence electrons. The van der Waals surface area contributed by atoms with Crippen molar-refractivity contribution in [2.75, 3.05) is 5.32 Å². The molecule has 0 aliphatic carbocycles. The summed E-state index contributed by atoms with van der Waals surface area (Å²) >= 11 is 12.0. The van der Waals surface area contributed by atoms with E-state index < -0.39 is 5.82 Å². The first-order valence-electron chi connectivity index (χ1n) is 6.38. The number of ether oxygens (including phenoxy) is 1. The van der Waals surface area contributed by atoms with Crippen LogP contribution >= 0.6 is 23.2 Å². The number of halogens is 3. The summed E-state index contributed by atoms with van der Waals surface area (Å²) in [6, 6.07) is 4.09. The zero-order valence-electron chi connectivity index (χ0n) is 10.9. The molecule has 1 aromatic heterocycles. The summed E-state index contributed by atoms with van der Waals surface area (Å²) < 4.78 is 19.1. The first kappa shape index (κ1) is 13.5. The molecule has 2 aliphatic rings. The zero-order valence-corrected chi connectivity index (χ0v) is 12.4. The Morgan fingerprint density at radius 3 is 2.91 bits per heavy atom. The molecule has 0 unspecified atom stereocenters. The van der Waals surface area contributed by atoms with Crippen LogP contribution in [0.3, 0.4) is 0 Å². The standard InChI is InChI=1S/C15H7Cl2FN2O2/c16-12-9-5-22-13(8(9)4-19-14(12)17)11-7-3-6(18)1-2-10(7)20-15(11)21/h1-4H,5H2,(H,20,21)/b13-11+. The predicted octanol–water partition coefficient (Wildman–Crippen LogP) is 3.88. The zero-order chi connectivity index (χ0) is 15.4.